The van der Waals surface area contributed by atoms with Gasteiger partial charge in [0, 0.05) is 18.4 Å². The Balaban J connectivity index is 0.00000289. The van der Waals surface area contributed by atoms with Crippen LogP contribution in [0, 0.1) is 5.92 Å². The minimum absolute atomic E-state index is 0. The SMILES string of the molecule is C/C(=N/O)C(CN1CCCCC1)C(c1ccccc1)c1c(O)c2ccccc2oc1=O.Cl. The number of likely N-dealkylation sites (tertiary alicyclic amines) is 1. The van der Waals surface area contributed by atoms with E-state index < -0.39 is 11.5 Å². The lowest BCUT2D eigenvalue weighted by Gasteiger charge is -2.34. The third kappa shape index (κ3) is 4.81. The van der Waals surface area contributed by atoms with Crippen molar-refractivity contribution >= 4 is 29.1 Å². The fraction of sp³-hybridized carbons (Fsp3) is 0.360. The van der Waals surface area contributed by atoms with Gasteiger partial charge < -0.3 is 19.6 Å². The van der Waals surface area contributed by atoms with Crippen LogP contribution in [0.3, 0.4) is 0 Å². The van der Waals surface area contributed by atoms with E-state index in [1.165, 1.54) is 6.42 Å². The smallest absolute Gasteiger partial charge is 0.343 e. The van der Waals surface area contributed by atoms with E-state index in [2.05, 4.69) is 10.1 Å². The summed E-state index contributed by atoms with van der Waals surface area (Å²) in [5.74, 6) is -0.893. The van der Waals surface area contributed by atoms with E-state index in [0.29, 0.717) is 23.2 Å². The Morgan fingerprint density at radius 3 is 2.41 bits per heavy atom. The molecule has 6 nitrogen and oxygen atoms in total. The summed E-state index contributed by atoms with van der Waals surface area (Å²) in [4.78, 5) is 15.5. The van der Waals surface area contributed by atoms with Gasteiger partial charge in [-0.15, -0.1) is 12.4 Å². The first kappa shape index (κ1) is 23.8. The number of aromatic hydroxyl groups is 1. The molecule has 0 amide bonds. The number of nitrogens with zero attached hydrogens (tertiary/aromatic N) is 2. The molecule has 1 saturated heterocycles. The molecule has 3 aromatic rings. The highest BCUT2D eigenvalue weighted by Gasteiger charge is 2.35. The highest BCUT2D eigenvalue weighted by molar-refractivity contribution is 5.88. The monoisotopic (exact) mass is 456 g/mol. The lowest BCUT2D eigenvalue weighted by molar-refractivity contribution is 0.204. The molecule has 2 atom stereocenters. The van der Waals surface area contributed by atoms with E-state index in [1.807, 2.05) is 30.3 Å². The highest BCUT2D eigenvalue weighted by Crippen LogP contribution is 2.39. The Morgan fingerprint density at radius 2 is 1.72 bits per heavy atom. The molecule has 7 heteroatoms. The Labute approximate surface area is 193 Å². The molecule has 2 unspecified atom stereocenters. The molecule has 2 heterocycles. The standard InChI is InChI=1S/C25H28N2O4.ClH/c1-17(26-30)20(16-27-14-8-3-9-15-27)22(18-10-4-2-5-11-18)23-24(28)19-12-6-7-13-21(19)31-25(23)29;/h2,4-7,10-13,20,22,28,30H,3,8-9,14-16H2,1H3;1H/b26-17-;. The van der Waals surface area contributed by atoms with Gasteiger partial charge in [-0.25, -0.2) is 4.79 Å². The Morgan fingerprint density at radius 1 is 1.06 bits per heavy atom. The van der Waals surface area contributed by atoms with Crippen LogP contribution in [-0.4, -0.2) is 40.6 Å². The molecule has 4 rings (SSSR count). The maximum absolute atomic E-state index is 13.1. The Bertz CT molecular complexity index is 1120. The third-order valence-electron chi connectivity index (χ3n) is 6.29. The highest BCUT2D eigenvalue weighted by atomic mass is 35.5. The molecule has 0 saturated carbocycles. The normalized spacial score (nSPS) is 17.0. The fourth-order valence-corrected chi connectivity index (χ4v) is 4.66. The van der Waals surface area contributed by atoms with Crippen molar-refractivity contribution in [1.82, 2.24) is 4.90 Å². The number of benzene rings is 2. The number of fused-ring (bicyclic) bond motifs is 1. The van der Waals surface area contributed by atoms with E-state index in [-0.39, 0.29) is 29.6 Å². The lowest BCUT2D eigenvalue weighted by Crippen LogP contribution is -2.39. The molecule has 0 spiro atoms. The molecule has 1 aromatic heterocycles. The van der Waals surface area contributed by atoms with Crippen molar-refractivity contribution in [2.75, 3.05) is 19.6 Å². The van der Waals surface area contributed by atoms with Crippen LogP contribution in [0.4, 0.5) is 0 Å². The molecule has 32 heavy (non-hydrogen) atoms. The first-order chi connectivity index (χ1) is 15.1. The number of para-hydroxylation sites is 1. The average molecular weight is 457 g/mol. The van der Waals surface area contributed by atoms with E-state index in [9.17, 15) is 15.1 Å². The van der Waals surface area contributed by atoms with Crippen molar-refractivity contribution < 1.29 is 14.7 Å². The van der Waals surface area contributed by atoms with Crippen molar-refractivity contribution in [3.63, 3.8) is 0 Å². The summed E-state index contributed by atoms with van der Waals surface area (Å²) >= 11 is 0. The van der Waals surface area contributed by atoms with Crippen molar-refractivity contribution in [3.8, 4) is 5.75 Å². The van der Waals surface area contributed by atoms with Gasteiger partial charge in [-0.3, -0.25) is 0 Å². The van der Waals surface area contributed by atoms with Crippen LogP contribution in [0.25, 0.3) is 11.0 Å². The molecule has 2 aromatic carbocycles. The number of oxime groups is 1. The van der Waals surface area contributed by atoms with Crippen molar-refractivity contribution in [3.05, 3.63) is 76.1 Å². The number of halogens is 1. The number of hydrogen-bond donors (Lipinski definition) is 2. The van der Waals surface area contributed by atoms with Gasteiger partial charge in [-0.05, 0) is 50.6 Å². The molecular formula is C25H29ClN2O4. The Kier molecular flexibility index (Phi) is 7.94. The fourth-order valence-electron chi connectivity index (χ4n) is 4.66. The van der Waals surface area contributed by atoms with Crippen LogP contribution < -0.4 is 5.63 Å². The minimum atomic E-state index is -0.570. The zero-order chi connectivity index (χ0) is 21.8. The molecular weight excluding hydrogens is 428 g/mol. The summed E-state index contributed by atoms with van der Waals surface area (Å²) in [6, 6.07) is 16.6. The second-order valence-electron chi connectivity index (χ2n) is 8.25. The predicted molar refractivity (Wildman–Crippen MR) is 128 cm³/mol. The molecule has 0 radical (unpaired) electrons. The van der Waals surface area contributed by atoms with Crippen molar-refractivity contribution in [1.29, 1.82) is 0 Å². The second kappa shape index (κ2) is 10.7. The topological polar surface area (TPSA) is 86.3 Å². The third-order valence-corrected chi connectivity index (χ3v) is 6.29. The van der Waals surface area contributed by atoms with E-state index >= 15 is 0 Å². The van der Waals surface area contributed by atoms with Crippen LogP contribution in [0.15, 0.2) is 69.0 Å². The summed E-state index contributed by atoms with van der Waals surface area (Å²) in [7, 11) is 0. The lowest BCUT2D eigenvalue weighted by atomic mass is 9.78. The summed E-state index contributed by atoms with van der Waals surface area (Å²) in [6.07, 6.45) is 3.47. The maximum atomic E-state index is 13.1. The molecule has 2 N–H and O–H groups in total. The molecule has 1 aliphatic heterocycles. The van der Waals surface area contributed by atoms with Crippen LogP contribution in [0.1, 0.15) is 43.2 Å². The number of hydrogen-bond acceptors (Lipinski definition) is 6. The second-order valence-corrected chi connectivity index (χ2v) is 8.25. The van der Waals surface area contributed by atoms with Gasteiger partial charge in [-0.2, -0.15) is 0 Å². The van der Waals surface area contributed by atoms with Crippen LogP contribution >= 0.6 is 12.4 Å². The molecule has 0 aliphatic carbocycles. The number of rotatable bonds is 6. The quantitative estimate of drug-likeness (QED) is 0.236. The van der Waals surface area contributed by atoms with E-state index in [1.54, 1.807) is 31.2 Å². The van der Waals surface area contributed by atoms with Crippen LogP contribution in [0.5, 0.6) is 5.75 Å². The molecule has 1 fully saturated rings. The van der Waals surface area contributed by atoms with Gasteiger partial charge in [-0.1, -0.05) is 54.0 Å². The van der Waals surface area contributed by atoms with Gasteiger partial charge in [0.25, 0.3) is 0 Å². The maximum Gasteiger partial charge on any atom is 0.343 e. The summed E-state index contributed by atoms with van der Waals surface area (Å²) < 4.78 is 5.60. The first-order valence-electron chi connectivity index (χ1n) is 10.8. The minimum Gasteiger partial charge on any atom is -0.507 e. The van der Waals surface area contributed by atoms with Crippen LogP contribution in [-0.2, 0) is 0 Å². The largest absolute Gasteiger partial charge is 0.507 e. The van der Waals surface area contributed by atoms with Crippen LogP contribution in [0.2, 0.25) is 0 Å². The zero-order valence-corrected chi connectivity index (χ0v) is 18.9. The molecule has 0 bridgehead atoms. The number of piperidine rings is 1. The van der Waals surface area contributed by atoms with Gasteiger partial charge >= 0.3 is 5.63 Å². The van der Waals surface area contributed by atoms with Crippen molar-refractivity contribution in [2.45, 2.75) is 32.1 Å². The van der Waals surface area contributed by atoms with E-state index in [4.69, 9.17) is 4.42 Å². The van der Waals surface area contributed by atoms with Gasteiger partial charge in [0.05, 0.1) is 16.7 Å². The molecule has 1 aliphatic rings. The van der Waals surface area contributed by atoms with Crippen molar-refractivity contribution in [2.24, 2.45) is 11.1 Å². The van der Waals surface area contributed by atoms with Gasteiger partial charge in [0.1, 0.15) is 11.3 Å². The molecule has 170 valence electrons. The summed E-state index contributed by atoms with van der Waals surface area (Å²) in [5.41, 5.74) is 1.37. The van der Waals surface area contributed by atoms with E-state index in [0.717, 1.165) is 31.5 Å². The average Bonchev–Trinajstić information content (AvgIpc) is 2.81. The first-order valence-corrected chi connectivity index (χ1v) is 10.8. The Hall–Kier alpha value is -2.83. The predicted octanol–water partition coefficient (Wildman–Crippen LogP) is 5.00. The summed E-state index contributed by atoms with van der Waals surface area (Å²) in [6.45, 7) is 4.33. The zero-order valence-electron chi connectivity index (χ0n) is 18.1. The van der Waals surface area contributed by atoms with Gasteiger partial charge in [0.2, 0.25) is 0 Å². The van der Waals surface area contributed by atoms with Gasteiger partial charge in [0.15, 0.2) is 0 Å². The summed E-state index contributed by atoms with van der Waals surface area (Å²) in [5, 5.41) is 24.9.